The van der Waals surface area contributed by atoms with E-state index >= 15 is 0 Å². The fraction of sp³-hybridized carbons (Fsp3) is 0.0455. The summed E-state index contributed by atoms with van der Waals surface area (Å²) in [6, 6.07) is 14.6. The zero-order valence-electron chi connectivity index (χ0n) is 15.7. The number of para-hydroxylation sites is 1. The molecule has 5 rings (SSSR count). The summed E-state index contributed by atoms with van der Waals surface area (Å²) in [4.78, 5) is 43.1. The first-order chi connectivity index (χ1) is 15.0. The average Bonchev–Trinajstić information content (AvgIpc) is 3.07. The molecule has 1 unspecified atom stereocenters. The highest BCUT2D eigenvalue weighted by molar-refractivity contribution is 6.30. The first-order valence-electron chi connectivity index (χ1n) is 9.21. The minimum Gasteiger partial charge on any atom is -0.450 e. The lowest BCUT2D eigenvalue weighted by Gasteiger charge is -2.24. The lowest BCUT2D eigenvalue weighted by atomic mass is 9.98. The van der Waals surface area contributed by atoms with Crippen LogP contribution in [0.1, 0.15) is 27.7 Å². The fourth-order valence-electron chi connectivity index (χ4n) is 3.79. The quantitative estimate of drug-likeness (QED) is 0.348. The normalized spacial score (nSPS) is 15.3. The summed E-state index contributed by atoms with van der Waals surface area (Å²) in [5.74, 6) is -0.443. The van der Waals surface area contributed by atoms with Crippen LogP contribution in [0.25, 0.3) is 11.0 Å². The third-order valence-electron chi connectivity index (χ3n) is 5.13. The lowest BCUT2D eigenvalue weighted by Crippen LogP contribution is -2.30. The molecule has 4 aromatic rings. The van der Waals surface area contributed by atoms with E-state index in [0.717, 1.165) is 0 Å². The van der Waals surface area contributed by atoms with Crippen molar-refractivity contribution in [1.29, 1.82) is 0 Å². The van der Waals surface area contributed by atoms with Gasteiger partial charge in [-0.05, 0) is 29.8 Å². The highest BCUT2D eigenvalue weighted by atomic mass is 35.5. The van der Waals surface area contributed by atoms with Gasteiger partial charge < -0.3 is 4.42 Å². The molecule has 0 fully saturated rings. The molecule has 0 saturated carbocycles. The topological polar surface area (TPSA) is 107 Å². The molecule has 0 aliphatic carbocycles. The Morgan fingerprint density at radius 1 is 1.06 bits per heavy atom. The number of nitro groups is 1. The number of aromatic nitrogens is 1. The molecule has 3 heterocycles. The average molecular weight is 434 g/mol. The van der Waals surface area contributed by atoms with Crippen LogP contribution in [0.4, 0.5) is 11.5 Å². The molecule has 8 nitrogen and oxygen atoms in total. The van der Waals surface area contributed by atoms with Gasteiger partial charge in [-0.25, -0.2) is 4.98 Å². The van der Waals surface area contributed by atoms with Crippen LogP contribution < -0.4 is 10.3 Å². The van der Waals surface area contributed by atoms with E-state index < -0.39 is 16.9 Å². The molecule has 1 aliphatic rings. The zero-order valence-corrected chi connectivity index (χ0v) is 16.4. The van der Waals surface area contributed by atoms with Gasteiger partial charge in [0.05, 0.1) is 26.9 Å². The molecule has 0 saturated heterocycles. The highest BCUT2D eigenvalue weighted by Gasteiger charge is 2.44. The van der Waals surface area contributed by atoms with Crippen molar-refractivity contribution in [2.45, 2.75) is 6.04 Å². The number of benzene rings is 2. The Morgan fingerprint density at radius 2 is 1.87 bits per heavy atom. The Morgan fingerprint density at radius 3 is 2.61 bits per heavy atom. The van der Waals surface area contributed by atoms with E-state index in [4.69, 9.17) is 16.0 Å². The zero-order chi connectivity index (χ0) is 21.7. The van der Waals surface area contributed by atoms with Gasteiger partial charge in [0, 0.05) is 18.3 Å². The van der Waals surface area contributed by atoms with Gasteiger partial charge in [-0.3, -0.25) is 24.6 Å². The van der Waals surface area contributed by atoms with Gasteiger partial charge in [-0.1, -0.05) is 35.9 Å². The molecule has 0 N–H and O–H groups in total. The SMILES string of the molecule is O=C1c2oc3ccccc3c(=O)c2C(c2cccc([N+](=O)[O-])c2)N1c1ccc(Cl)cn1. The minimum atomic E-state index is -0.947. The van der Waals surface area contributed by atoms with Crippen molar-refractivity contribution in [2.75, 3.05) is 4.90 Å². The standard InChI is InChI=1S/C22H12ClN3O5/c23-13-8-9-17(24-11-13)25-19(12-4-3-5-14(10-12)26(29)30)18-20(27)15-6-1-2-7-16(15)31-21(18)22(25)28/h1-11,19H. The van der Waals surface area contributed by atoms with Gasteiger partial charge in [0.25, 0.3) is 11.6 Å². The number of rotatable bonds is 3. The van der Waals surface area contributed by atoms with Crippen LogP contribution in [0.15, 0.2) is 76.1 Å². The van der Waals surface area contributed by atoms with Crippen molar-refractivity contribution in [2.24, 2.45) is 0 Å². The summed E-state index contributed by atoms with van der Waals surface area (Å²) in [5.41, 5.74) is 0.246. The predicted octanol–water partition coefficient (Wildman–Crippen LogP) is 4.50. The molecule has 9 heteroatoms. The van der Waals surface area contributed by atoms with Gasteiger partial charge in [0.1, 0.15) is 11.4 Å². The van der Waals surface area contributed by atoms with E-state index in [-0.39, 0.29) is 33.8 Å². The fourth-order valence-corrected chi connectivity index (χ4v) is 3.90. The van der Waals surface area contributed by atoms with Crippen LogP contribution in [0.2, 0.25) is 5.02 Å². The third-order valence-corrected chi connectivity index (χ3v) is 5.36. The molecule has 31 heavy (non-hydrogen) atoms. The number of nitrogens with zero attached hydrogens (tertiary/aromatic N) is 3. The smallest absolute Gasteiger partial charge is 0.296 e. The van der Waals surface area contributed by atoms with Gasteiger partial charge in [0.15, 0.2) is 5.43 Å². The second-order valence-corrected chi connectivity index (χ2v) is 7.37. The molecule has 1 amide bonds. The molecule has 1 aliphatic heterocycles. The molecule has 2 aromatic heterocycles. The summed E-state index contributed by atoms with van der Waals surface area (Å²) < 4.78 is 5.82. The number of amides is 1. The Hall–Kier alpha value is -4.04. The van der Waals surface area contributed by atoms with E-state index in [1.807, 2.05) is 0 Å². The maximum Gasteiger partial charge on any atom is 0.296 e. The van der Waals surface area contributed by atoms with Crippen LogP contribution in [0, 0.1) is 10.1 Å². The molecular formula is C22H12ClN3O5. The van der Waals surface area contributed by atoms with Crippen molar-refractivity contribution in [1.82, 2.24) is 4.98 Å². The summed E-state index contributed by atoms with van der Waals surface area (Å²) in [5, 5.41) is 12.0. The number of non-ortho nitro benzene ring substituents is 1. The first kappa shape index (κ1) is 19.0. The monoisotopic (exact) mass is 433 g/mol. The predicted molar refractivity (Wildman–Crippen MR) is 113 cm³/mol. The Kier molecular flexibility index (Phi) is 4.30. The van der Waals surface area contributed by atoms with E-state index in [9.17, 15) is 19.7 Å². The maximum atomic E-state index is 13.4. The Bertz CT molecular complexity index is 1430. The molecule has 1 atom stereocenters. The number of hydrogen-bond acceptors (Lipinski definition) is 6. The number of hydrogen-bond donors (Lipinski definition) is 0. The lowest BCUT2D eigenvalue weighted by molar-refractivity contribution is -0.384. The van der Waals surface area contributed by atoms with Gasteiger partial charge in [0.2, 0.25) is 5.76 Å². The number of halogens is 1. The third kappa shape index (κ3) is 2.96. The second-order valence-electron chi connectivity index (χ2n) is 6.93. The van der Waals surface area contributed by atoms with Crippen LogP contribution in [-0.2, 0) is 0 Å². The van der Waals surface area contributed by atoms with E-state index in [1.165, 1.54) is 29.3 Å². The van der Waals surface area contributed by atoms with Crippen LogP contribution >= 0.6 is 11.6 Å². The van der Waals surface area contributed by atoms with Crippen molar-refractivity contribution in [3.05, 3.63) is 109 Å². The molecule has 0 bridgehead atoms. The molecule has 152 valence electrons. The Labute approximate surface area is 179 Å². The molecule has 0 radical (unpaired) electrons. The van der Waals surface area contributed by atoms with Crippen LogP contribution in [0.3, 0.4) is 0 Å². The van der Waals surface area contributed by atoms with Crippen LogP contribution in [-0.4, -0.2) is 15.8 Å². The van der Waals surface area contributed by atoms with Crippen molar-refractivity contribution >= 4 is 40.0 Å². The minimum absolute atomic E-state index is 0.112. The number of nitro benzene ring substituents is 1. The van der Waals surface area contributed by atoms with E-state index in [2.05, 4.69) is 4.98 Å². The van der Waals surface area contributed by atoms with E-state index in [1.54, 1.807) is 42.5 Å². The number of anilines is 1. The van der Waals surface area contributed by atoms with Crippen molar-refractivity contribution in [3.63, 3.8) is 0 Å². The molecular weight excluding hydrogens is 422 g/mol. The summed E-state index contributed by atoms with van der Waals surface area (Å²) in [6.07, 6.45) is 1.38. The second kappa shape index (κ2) is 7.03. The summed E-state index contributed by atoms with van der Waals surface area (Å²) >= 11 is 5.94. The Balaban J connectivity index is 1.81. The van der Waals surface area contributed by atoms with Gasteiger partial charge in [-0.15, -0.1) is 0 Å². The van der Waals surface area contributed by atoms with Crippen molar-refractivity contribution < 1.29 is 14.1 Å². The summed E-state index contributed by atoms with van der Waals surface area (Å²) in [7, 11) is 0. The number of pyridine rings is 1. The largest absolute Gasteiger partial charge is 0.450 e. The van der Waals surface area contributed by atoms with Crippen LogP contribution in [0.5, 0.6) is 0 Å². The van der Waals surface area contributed by atoms with E-state index in [0.29, 0.717) is 16.0 Å². The summed E-state index contributed by atoms with van der Waals surface area (Å²) in [6.45, 7) is 0. The van der Waals surface area contributed by atoms with Crippen molar-refractivity contribution in [3.8, 4) is 0 Å². The van der Waals surface area contributed by atoms with Gasteiger partial charge >= 0.3 is 0 Å². The highest BCUT2D eigenvalue weighted by Crippen LogP contribution is 2.41. The molecule has 2 aromatic carbocycles. The number of carbonyl (C=O) groups is 1. The van der Waals surface area contributed by atoms with Gasteiger partial charge in [-0.2, -0.15) is 0 Å². The first-order valence-corrected chi connectivity index (χ1v) is 9.58. The number of fused-ring (bicyclic) bond motifs is 2. The number of carbonyl (C=O) groups excluding carboxylic acids is 1. The maximum absolute atomic E-state index is 13.4. The molecule has 0 spiro atoms.